The molecule has 32 heavy (non-hydrogen) atoms. The number of allylic oxidation sites excluding steroid dienone is 1. The highest BCUT2D eigenvalue weighted by Crippen LogP contribution is 2.28. The first-order valence-electron chi connectivity index (χ1n) is 10.8. The van der Waals surface area contributed by atoms with Crippen LogP contribution >= 0.6 is 0 Å². The van der Waals surface area contributed by atoms with E-state index < -0.39 is 0 Å². The van der Waals surface area contributed by atoms with E-state index in [2.05, 4.69) is 69.2 Å². The summed E-state index contributed by atoms with van der Waals surface area (Å²) in [6, 6.07) is 12.8. The number of pyridine rings is 2. The van der Waals surface area contributed by atoms with Gasteiger partial charge in [-0.2, -0.15) is 0 Å². The highest BCUT2D eigenvalue weighted by Gasteiger charge is 2.14. The van der Waals surface area contributed by atoms with Gasteiger partial charge in [-0.15, -0.1) is 12.8 Å². The van der Waals surface area contributed by atoms with E-state index in [0.29, 0.717) is 0 Å². The fraction of sp³-hybridized carbons (Fsp3) is 0.259. The largest absolute Gasteiger partial charge is 0.388 e. The number of aryl methyl sites for hydroxylation is 1. The molecule has 1 fully saturated rings. The number of anilines is 2. The van der Waals surface area contributed by atoms with Crippen molar-refractivity contribution in [1.82, 2.24) is 14.9 Å². The van der Waals surface area contributed by atoms with Crippen LogP contribution in [-0.4, -0.2) is 35.0 Å². The van der Waals surface area contributed by atoms with E-state index in [0.717, 1.165) is 41.3 Å². The van der Waals surface area contributed by atoms with Crippen molar-refractivity contribution in [2.75, 3.05) is 30.8 Å². The molecule has 1 aliphatic rings. The molecule has 0 saturated carbocycles. The monoisotopic (exact) mass is 425 g/mol. The summed E-state index contributed by atoms with van der Waals surface area (Å²) in [6.07, 6.45) is 15.8. The third-order valence-electron chi connectivity index (χ3n) is 5.49. The average molecular weight is 426 g/mol. The van der Waals surface area contributed by atoms with Gasteiger partial charge in [0.25, 0.3) is 0 Å². The number of rotatable bonds is 8. The van der Waals surface area contributed by atoms with E-state index in [9.17, 15) is 0 Å². The van der Waals surface area contributed by atoms with Gasteiger partial charge in [-0.1, -0.05) is 12.6 Å². The highest BCUT2D eigenvalue weighted by atomic mass is 15.2. The third-order valence-corrected chi connectivity index (χ3v) is 5.49. The fourth-order valence-electron chi connectivity index (χ4n) is 3.71. The number of likely N-dealkylation sites (tertiary alicyclic amines) is 1. The first kappa shape index (κ1) is 23.1. The molecule has 0 spiro atoms. The maximum absolute atomic E-state index is 4.49. The lowest BCUT2D eigenvalue weighted by molar-refractivity contribution is 0.172. The van der Waals surface area contributed by atoms with Crippen molar-refractivity contribution >= 4 is 11.4 Å². The van der Waals surface area contributed by atoms with Gasteiger partial charge in [-0.3, -0.25) is 14.9 Å². The number of hydrogen-bond acceptors (Lipinski definition) is 5. The predicted octanol–water partition coefficient (Wildman–Crippen LogP) is 5.12. The number of nitrogens with one attached hydrogen (secondary N) is 2. The van der Waals surface area contributed by atoms with Crippen molar-refractivity contribution in [3.05, 3.63) is 84.1 Å². The summed E-state index contributed by atoms with van der Waals surface area (Å²) < 4.78 is 0. The summed E-state index contributed by atoms with van der Waals surface area (Å²) in [5.74, 6) is 0. The van der Waals surface area contributed by atoms with E-state index in [-0.39, 0.29) is 0 Å². The van der Waals surface area contributed by atoms with Crippen molar-refractivity contribution < 1.29 is 0 Å². The Kier molecular flexibility index (Phi) is 8.02. The zero-order chi connectivity index (χ0) is 22.9. The molecule has 0 radical (unpaired) electrons. The molecule has 3 aromatic rings. The van der Waals surface area contributed by atoms with Gasteiger partial charge in [0.1, 0.15) is 0 Å². The molecule has 2 N–H and O–H groups in total. The normalized spacial score (nSPS) is 12.8. The molecule has 1 saturated heterocycles. The van der Waals surface area contributed by atoms with Crippen molar-refractivity contribution in [3.8, 4) is 24.0 Å². The summed E-state index contributed by atoms with van der Waals surface area (Å²) in [6.45, 7) is 9.57. The van der Waals surface area contributed by atoms with Crippen LogP contribution in [0.4, 0.5) is 11.4 Å². The zero-order valence-corrected chi connectivity index (χ0v) is 18.9. The Hall–Kier alpha value is -3.62. The molecule has 4 rings (SSSR count). The van der Waals surface area contributed by atoms with Gasteiger partial charge in [0.15, 0.2) is 0 Å². The lowest BCUT2D eigenvalue weighted by Crippen LogP contribution is -2.36. The van der Waals surface area contributed by atoms with Gasteiger partial charge in [0.2, 0.25) is 0 Å². The van der Waals surface area contributed by atoms with Crippen LogP contribution < -0.4 is 10.6 Å². The van der Waals surface area contributed by atoms with Crippen molar-refractivity contribution in [3.63, 3.8) is 0 Å². The van der Waals surface area contributed by atoms with Crippen LogP contribution in [0.1, 0.15) is 23.2 Å². The second-order valence-electron chi connectivity index (χ2n) is 7.93. The molecule has 5 nitrogen and oxygen atoms in total. The lowest BCUT2D eigenvalue weighted by Gasteiger charge is -2.30. The molecule has 0 bridgehead atoms. The topological polar surface area (TPSA) is 53.1 Å². The minimum Gasteiger partial charge on any atom is -0.388 e. The number of benzene rings is 1. The Morgan fingerprint density at radius 1 is 1.06 bits per heavy atom. The van der Waals surface area contributed by atoms with Gasteiger partial charge in [-0.25, -0.2) is 0 Å². The SMILES string of the molecule is C#C.C=C(Cc1cc(-c2cncc(CN3CCC3)c2)ccc1NC)Nc1ccc(C)nc1. The molecule has 3 heterocycles. The quantitative estimate of drug-likeness (QED) is 0.491. The molecule has 0 aliphatic carbocycles. The summed E-state index contributed by atoms with van der Waals surface area (Å²) in [5, 5.41) is 6.67. The number of hydrogen-bond donors (Lipinski definition) is 2. The van der Waals surface area contributed by atoms with Gasteiger partial charge in [-0.05, 0) is 73.5 Å². The standard InChI is InChI=1S/C25H29N5.C2H2/c1-18-5-7-24(16-28-18)29-19(2)11-22-13-21(6-8-25(22)26-3)23-12-20(14-27-15-23)17-30-9-4-10-30;1-2/h5-8,12-16,26,29H,2,4,9-11,17H2,1,3H3;1-2H. The molecule has 1 aliphatic heterocycles. The molecule has 5 heteroatoms. The lowest BCUT2D eigenvalue weighted by atomic mass is 9.99. The molecule has 2 aromatic heterocycles. The van der Waals surface area contributed by atoms with Crippen molar-refractivity contribution in [1.29, 1.82) is 0 Å². The summed E-state index contributed by atoms with van der Waals surface area (Å²) >= 11 is 0. The van der Waals surface area contributed by atoms with Gasteiger partial charge in [0.05, 0.1) is 11.9 Å². The summed E-state index contributed by atoms with van der Waals surface area (Å²) in [7, 11) is 1.95. The molecule has 164 valence electrons. The summed E-state index contributed by atoms with van der Waals surface area (Å²) in [5.41, 5.74) is 8.78. The fourth-order valence-corrected chi connectivity index (χ4v) is 3.71. The van der Waals surface area contributed by atoms with Crippen LogP contribution in [-0.2, 0) is 13.0 Å². The minimum atomic E-state index is 0.721. The van der Waals surface area contributed by atoms with Crippen LogP contribution in [0.3, 0.4) is 0 Å². The number of nitrogens with zero attached hydrogens (tertiary/aromatic N) is 3. The smallest absolute Gasteiger partial charge is 0.0568 e. The van der Waals surface area contributed by atoms with E-state index in [1.165, 1.54) is 36.2 Å². The van der Waals surface area contributed by atoms with Crippen LogP contribution in [0.15, 0.2) is 67.3 Å². The van der Waals surface area contributed by atoms with Crippen molar-refractivity contribution in [2.45, 2.75) is 26.3 Å². The Morgan fingerprint density at radius 3 is 2.53 bits per heavy atom. The maximum Gasteiger partial charge on any atom is 0.0568 e. The van der Waals surface area contributed by atoms with Crippen LogP contribution in [0.25, 0.3) is 11.1 Å². The van der Waals surface area contributed by atoms with E-state index >= 15 is 0 Å². The second kappa shape index (κ2) is 11.1. The van der Waals surface area contributed by atoms with E-state index in [1.807, 2.05) is 44.7 Å². The van der Waals surface area contributed by atoms with Gasteiger partial charge >= 0.3 is 0 Å². The Labute approximate surface area is 191 Å². The predicted molar refractivity (Wildman–Crippen MR) is 134 cm³/mol. The zero-order valence-electron chi connectivity index (χ0n) is 18.9. The molecule has 0 unspecified atom stereocenters. The second-order valence-corrected chi connectivity index (χ2v) is 7.93. The van der Waals surface area contributed by atoms with Gasteiger partial charge in [0, 0.05) is 55.0 Å². The first-order valence-corrected chi connectivity index (χ1v) is 10.8. The van der Waals surface area contributed by atoms with Gasteiger partial charge < -0.3 is 10.6 Å². The first-order chi connectivity index (χ1) is 15.6. The molecule has 0 atom stereocenters. The maximum atomic E-state index is 4.49. The summed E-state index contributed by atoms with van der Waals surface area (Å²) in [4.78, 5) is 11.3. The van der Waals surface area contributed by atoms with E-state index in [4.69, 9.17) is 0 Å². The van der Waals surface area contributed by atoms with Crippen LogP contribution in [0, 0.1) is 19.8 Å². The van der Waals surface area contributed by atoms with E-state index in [1.54, 1.807) is 0 Å². The number of terminal acetylenes is 1. The Bertz CT molecular complexity index is 1060. The Morgan fingerprint density at radius 2 is 1.88 bits per heavy atom. The average Bonchev–Trinajstić information content (AvgIpc) is 2.79. The third kappa shape index (κ3) is 5.96. The molecule has 0 amide bonds. The van der Waals surface area contributed by atoms with Crippen LogP contribution in [0.5, 0.6) is 0 Å². The van der Waals surface area contributed by atoms with Crippen molar-refractivity contribution in [2.24, 2.45) is 0 Å². The Balaban J connectivity index is 0.00000141. The molecular formula is C27H31N5. The minimum absolute atomic E-state index is 0.721. The van der Waals surface area contributed by atoms with Crippen LogP contribution in [0.2, 0.25) is 0 Å². The number of aromatic nitrogens is 2. The molecular weight excluding hydrogens is 394 g/mol. The molecule has 1 aromatic carbocycles. The highest BCUT2D eigenvalue weighted by molar-refractivity contribution is 5.69.